The Labute approximate surface area is 126 Å². The van der Waals surface area contributed by atoms with E-state index in [4.69, 9.17) is 4.74 Å². The molecule has 0 amide bonds. The molecule has 7 heteroatoms. The van der Waals surface area contributed by atoms with Gasteiger partial charge in [0.1, 0.15) is 4.90 Å². The summed E-state index contributed by atoms with van der Waals surface area (Å²) < 4.78 is 33.4. The maximum Gasteiger partial charge on any atom is 0.244 e. The maximum atomic E-state index is 12.4. The Kier molecular flexibility index (Phi) is 5.43. The summed E-state index contributed by atoms with van der Waals surface area (Å²) in [5.41, 5.74) is 0.606. The van der Waals surface area contributed by atoms with Crippen LogP contribution >= 0.6 is 0 Å². The average molecular weight is 316 g/mol. The molecule has 2 rings (SSSR count). The van der Waals surface area contributed by atoms with Crippen LogP contribution in [0.25, 0.3) is 0 Å². The monoisotopic (exact) mass is 316 g/mol. The molecule has 1 aliphatic rings. The molecule has 6 nitrogen and oxygen atoms in total. The second-order valence-corrected chi connectivity index (χ2v) is 7.50. The summed E-state index contributed by atoms with van der Waals surface area (Å²) in [7, 11) is -1.97. The van der Waals surface area contributed by atoms with Crippen LogP contribution in [-0.4, -0.2) is 49.2 Å². The summed E-state index contributed by atoms with van der Waals surface area (Å²) >= 11 is 0. The van der Waals surface area contributed by atoms with Crippen LogP contribution in [0.2, 0.25) is 0 Å². The highest BCUT2D eigenvalue weighted by atomic mass is 32.2. The smallest absolute Gasteiger partial charge is 0.244 e. The van der Waals surface area contributed by atoms with Gasteiger partial charge in [0.05, 0.1) is 13.2 Å². The first-order valence-electron chi connectivity index (χ1n) is 7.33. The normalized spacial score (nSPS) is 15.8. The molecule has 0 bridgehead atoms. The molecular formula is C14H24N2O4S. The van der Waals surface area contributed by atoms with Gasteiger partial charge in [0, 0.05) is 38.6 Å². The van der Waals surface area contributed by atoms with Crippen LogP contribution in [-0.2, 0) is 27.9 Å². The van der Waals surface area contributed by atoms with Gasteiger partial charge < -0.3 is 14.4 Å². The van der Waals surface area contributed by atoms with E-state index >= 15 is 0 Å². The molecule has 0 unspecified atom stereocenters. The lowest BCUT2D eigenvalue weighted by Gasteiger charge is -2.16. The second-order valence-electron chi connectivity index (χ2n) is 5.46. The van der Waals surface area contributed by atoms with E-state index < -0.39 is 10.0 Å². The molecule has 1 heterocycles. The number of nitrogens with zero attached hydrogens (tertiary/aromatic N) is 2. The van der Waals surface area contributed by atoms with Crippen molar-refractivity contribution in [1.82, 2.24) is 8.87 Å². The third-order valence-electron chi connectivity index (χ3n) is 3.77. The Morgan fingerprint density at radius 1 is 1.48 bits per heavy atom. The van der Waals surface area contributed by atoms with E-state index in [1.807, 2.05) is 6.92 Å². The molecule has 1 fully saturated rings. The number of aliphatic hydroxyl groups is 1. The van der Waals surface area contributed by atoms with Crippen LogP contribution < -0.4 is 0 Å². The number of rotatable bonds is 9. The predicted molar refractivity (Wildman–Crippen MR) is 79.4 cm³/mol. The molecule has 1 N–H and O–H groups in total. The number of ether oxygens (including phenoxy) is 1. The van der Waals surface area contributed by atoms with Gasteiger partial charge in [-0.05, 0) is 31.7 Å². The molecule has 0 saturated heterocycles. The predicted octanol–water partition coefficient (Wildman–Crippen LogP) is 1.05. The van der Waals surface area contributed by atoms with Crippen molar-refractivity contribution in [3.05, 3.63) is 18.0 Å². The number of aromatic nitrogens is 1. The van der Waals surface area contributed by atoms with E-state index in [1.54, 1.807) is 17.8 Å². The summed E-state index contributed by atoms with van der Waals surface area (Å²) in [6.45, 7) is 3.84. The third-order valence-corrected chi connectivity index (χ3v) is 5.59. The van der Waals surface area contributed by atoms with E-state index in [-0.39, 0.29) is 11.5 Å². The minimum absolute atomic E-state index is 0.169. The van der Waals surface area contributed by atoms with Crippen LogP contribution in [0.15, 0.2) is 17.2 Å². The zero-order chi connectivity index (χ0) is 15.5. The maximum absolute atomic E-state index is 12.4. The van der Waals surface area contributed by atoms with Gasteiger partial charge in [0.2, 0.25) is 10.0 Å². The molecule has 1 saturated carbocycles. The van der Waals surface area contributed by atoms with Crippen molar-refractivity contribution in [2.24, 2.45) is 5.92 Å². The SMILES string of the molecule is CCn1cc(S(=O)(=O)N(C)CCOCC2CC2)cc1CO. The Bertz CT molecular complexity index is 542. The van der Waals surface area contributed by atoms with Crippen molar-refractivity contribution in [3.8, 4) is 0 Å². The zero-order valence-corrected chi connectivity index (χ0v) is 13.5. The summed E-state index contributed by atoms with van der Waals surface area (Å²) in [6.07, 6.45) is 4.02. The summed E-state index contributed by atoms with van der Waals surface area (Å²) in [4.78, 5) is 0.220. The fourth-order valence-electron chi connectivity index (χ4n) is 2.12. The van der Waals surface area contributed by atoms with Crippen molar-refractivity contribution in [1.29, 1.82) is 0 Å². The largest absolute Gasteiger partial charge is 0.390 e. The minimum Gasteiger partial charge on any atom is -0.390 e. The molecule has 0 aromatic carbocycles. The first kappa shape index (κ1) is 16.5. The third kappa shape index (κ3) is 4.06. The molecule has 0 atom stereocenters. The molecule has 21 heavy (non-hydrogen) atoms. The number of aryl methyl sites for hydroxylation is 1. The van der Waals surface area contributed by atoms with Gasteiger partial charge in [0.15, 0.2) is 0 Å². The van der Waals surface area contributed by atoms with Crippen molar-refractivity contribution in [2.45, 2.75) is 37.8 Å². The summed E-state index contributed by atoms with van der Waals surface area (Å²) in [6, 6.07) is 1.53. The standard InChI is InChI=1S/C14H24N2O4S/c1-3-16-9-14(8-13(16)10-17)21(18,19)15(2)6-7-20-11-12-4-5-12/h8-9,12,17H,3-7,10-11H2,1-2H3. The van der Waals surface area contributed by atoms with Gasteiger partial charge in [-0.25, -0.2) is 8.42 Å². The molecular weight excluding hydrogens is 292 g/mol. The minimum atomic E-state index is -3.52. The Morgan fingerprint density at radius 2 is 2.19 bits per heavy atom. The Morgan fingerprint density at radius 3 is 2.71 bits per heavy atom. The van der Waals surface area contributed by atoms with E-state index in [1.165, 1.54) is 23.2 Å². The van der Waals surface area contributed by atoms with Gasteiger partial charge >= 0.3 is 0 Å². The van der Waals surface area contributed by atoms with E-state index in [0.717, 1.165) is 6.61 Å². The average Bonchev–Trinajstić information content (AvgIpc) is 3.19. The fraction of sp³-hybridized carbons (Fsp3) is 0.714. The van der Waals surface area contributed by atoms with Crippen LogP contribution in [0, 0.1) is 5.92 Å². The van der Waals surface area contributed by atoms with Gasteiger partial charge in [-0.15, -0.1) is 0 Å². The molecule has 1 aromatic heterocycles. The van der Waals surface area contributed by atoms with Gasteiger partial charge in [-0.2, -0.15) is 4.31 Å². The number of likely N-dealkylation sites (N-methyl/N-ethyl adjacent to an activating group) is 1. The van der Waals surface area contributed by atoms with Crippen molar-refractivity contribution in [3.63, 3.8) is 0 Å². The zero-order valence-electron chi connectivity index (χ0n) is 12.7. The van der Waals surface area contributed by atoms with Crippen molar-refractivity contribution in [2.75, 3.05) is 26.8 Å². The molecule has 1 aliphatic carbocycles. The fourth-order valence-corrected chi connectivity index (χ4v) is 3.34. The van der Waals surface area contributed by atoms with E-state index in [2.05, 4.69) is 0 Å². The molecule has 0 spiro atoms. The van der Waals surface area contributed by atoms with Crippen molar-refractivity contribution >= 4 is 10.0 Å². The highest BCUT2D eigenvalue weighted by Gasteiger charge is 2.24. The summed E-state index contributed by atoms with van der Waals surface area (Å²) in [5, 5.41) is 9.25. The Hall–Kier alpha value is -0.890. The van der Waals surface area contributed by atoms with Crippen LogP contribution in [0.3, 0.4) is 0 Å². The molecule has 0 aliphatic heterocycles. The lowest BCUT2D eigenvalue weighted by atomic mass is 10.4. The second kappa shape index (κ2) is 6.91. The van der Waals surface area contributed by atoms with E-state index in [9.17, 15) is 13.5 Å². The first-order valence-corrected chi connectivity index (χ1v) is 8.77. The number of sulfonamides is 1. The van der Waals surface area contributed by atoms with Gasteiger partial charge in [-0.3, -0.25) is 0 Å². The molecule has 0 radical (unpaired) electrons. The lowest BCUT2D eigenvalue weighted by Crippen LogP contribution is -2.30. The van der Waals surface area contributed by atoms with Gasteiger partial charge in [0.25, 0.3) is 0 Å². The van der Waals surface area contributed by atoms with Crippen LogP contribution in [0.4, 0.5) is 0 Å². The van der Waals surface area contributed by atoms with Crippen LogP contribution in [0.1, 0.15) is 25.5 Å². The number of aliphatic hydroxyl groups excluding tert-OH is 1. The molecule has 120 valence electrons. The lowest BCUT2D eigenvalue weighted by molar-refractivity contribution is 0.117. The topological polar surface area (TPSA) is 71.8 Å². The highest BCUT2D eigenvalue weighted by Crippen LogP contribution is 2.28. The van der Waals surface area contributed by atoms with E-state index in [0.29, 0.717) is 31.3 Å². The molecule has 1 aromatic rings. The highest BCUT2D eigenvalue weighted by molar-refractivity contribution is 7.89. The Balaban J connectivity index is 1.96. The van der Waals surface area contributed by atoms with Crippen molar-refractivity contribution < 1.29 is 18.3 Å². The number of hydrogen-bond donors (Lipinski definition) is 1. The quantitative estimate of drug-likeness (QED) is 0.691. The number of hydrogen-bond acceptors (Lipinski definition) is 4. The van der Waals surface area contributed by atoms with Crippen LogP contribution in [0.5, 0.6) is 0 Å². The first-order chi connectivity index (χ1) is 9.98. The van der Waals surface area contributed by atoms with Gasteiger partial charge in [-0.1, -0.05) is 0 Å². The summed E-state index contributed by atoms with van der Waals surface area (Å²) in [5.74, 6) is 0.678.